The summed E-state index contributed by atoms with van der Waals surface area (Å²) in [7, 11) is 0. The van der Waals surface area contributed by atoms with Crippen molar-refractivity contribution in [3.63, 3.8) is 0 Å². The minimum absolute atomic E-state index is 0.321. The van der Waals surface area contributed by atoms with Crippen LogP contribution in [0.3, 0.4) is 0 Å². The van der Waals surface area contributed by atoms with Crippen LogP contribution in [0.1, 0.15) is 39.2 Å². The van der Waals surface area contributed by atoms with Crippen molar-refractivity contribution >= 4 is 0 Å². The fourth-order valence-corrected chi connectivity index (χ4v) is 2.85. The van der Waals surface area contributed by atoms with Crippen LogP contribution in [0, 0.1) is 0 Å². The van der Waals surface area contributed by atoms with Crippen molar-refractivity contribution < 1.29 is 0 Å². The third-order valence-corrected chi connectivity index (χ3v) is 4.48. The van der Waals surface area contributed by atoms with Gasteiger partial charge in [-0.25, -0.2) is 0 Å². The van der Waals surface area contributed by atoms with E-state index in [1.54, 1.807) is 0 Å². The molecule has 1 N–H and O–H groups in total. The second kappa shape index (κ2) is 5.85. The molecular formula is C16H26N2. The first-order valence-electron chi connectivity index (χ1n) is 7.22. The zero-order valence-corrected chi connectivity index (χ0v) is 11.9. The number of hydrogen-bond acceptors (Lipinski definition) is 2. The molecule has 1 saturated heterocycles. The molecule has 1 aliphatic heterocycles. The van der Waals surface area contributed by atoms with Crippen LogP contribution in [0.25, 0.3) is 0 Å². The zero-order valence-electron chi connectivity index (χ0n) is 11.9. The molecule has 0 aromatic heterocycles. The summed E-state index contributed by atoms with van der Waals surface area (Å²) in [5.41, 5.74) is 1.74. The Balaban J connectivity index is 2.06. The molecular weight excluding hydrogens is 220 g/mol. The maximum Gasteiger partial charge on any atom is 0.0304 e. The SMILES string of the molecule is CCC1(CC)CN(Cc2ccccc2)C(C)CN1. The van der Waals surface area contributed by atoms with Crippen LogP contribution in [0.5, 0.6) is 0 Å². The van der Waals surface area contributed by atoms with E-state index in [0.29, 0.717) is 11.6 Å². The van der Waals surface area contributed by atoms with E-state index in [4.69, 9.17) is 0 Å². The number of rotatable bonds is 4. The molecule has 0 saturated carbocycles. The molecule has 18 heavy (non-hydrogen) atoms. The molecule has 1 aromatic carbocycles. The number of nitrogens with one attached hydrogen (secondary N) is 1. The van der Waals surface area contributed by atoms with Gasteiger partial charge in [-0.1, -0.05) is 44.2 Å². The van der Waals surface area contributed by atoms with Gasteiger partial charge >= 0.3 is 0 Å². The molecule has 0 amide bonds. The summed E-state index contributed by atoms with van der Waals surface area (Å²) in [5.74, 6) is 0. The van der Waals surface area contributed by atoms with E-state index in [9.17, 15) is 0 Å². The fraction of sp³-hybridized carbons (Fsp3) is 0.625. The normalized spacial score (nSPS) is 24.1. The van der Waals surface area contributed by atoms with Crippen LogP contribution < -0.4 is 5.32 Å². The topological polar surface area (TPSA) is 15.3 Å². The Labute approximate surface area is 111 Å². The van der Waals surface area contributed by atoms with Crippen LogP contribution in [-0.2, 0) is 6.54 Å². The summed E-state index contributed by atoms with van der Waals surface area (Å²) >= 11 is 0. The van der Waals surface area contributed by atoms with E-state index < -0.39 is 0 Å². The van der Waals surface area contributed by atoms with E-state index in [0.717, 1.165) is 19.6 Å². The largest absolute Gasteiger partial charge is 0.308 e. The first-order valence-corrected chi connectivity index (χ1v) is 7.22. The average molecular weight is 246 g/mol. The Morgan fingerprint density at radius 3 is 2.50 bits per heavy atom. The smallest absolute Gasteiger partial charge is 0.0304 e. The first kappa shape index (κ1) is 13.6. The fourth-order valence-electron chi connectivity index (χ4n) is 2.85. The lowest BCUT2D eigenvalue weighted by Gasteiger charge is -2.46. The highest BCUT2D eigenvalue weighted by Gasteiger charge is 2.34. The molecule has 1 heterocycles. The molecule has 1 aromatic rings. The summed E-state index contributed by atoms with van der Waals surface area (Å²) in [6.45, 7) is 10.3. The van der Waals surface area contributed by atoms with E-state index in [-0.39, 0.29) is 0 Å². The summed E-state index contributed by atoms with van der Waals surface area (Å²) in [5, 5.41) is 3.76. The molecule has 100 valence electrons. The predicted molar refractivity (Wildman–Crippen MR) is 77.6 cm³/mol. The van der Waals surface area contributed by atoms with Gasteiger partial charge in [-0.2, -0.15) is 0 Å². The van der Waals surface area contributed by atoms with Gasteiger partial charge in [0.25, 0.3) is 0 Å². The van der Waals surface area contributed by atoms with Gasteiger partial charge in [-0.3, -0.25) is 4.90 Å². The molecule has 0 spiro atoms. The number of benzene rings is 1. The summed E-state index contributed by atoms with van der Waals surface area (Å²) in [6, 6.07) is 11.4. The molecule has 1 fully saturated rings. The van der Waals surface area contributed by atoms with Crippen LogP contribution >= 0.6 is 0 Å². The quantitative estimate of drug-likeness (QED) is 0.878. The monoisotopic (exact) mass is 246 g/mol. The molecule has 0 aliphatic carbocycles. The lowest BCUT2D eigenvalue weighted by atomic mass is 9.88. The van der Waals surface area contributed by atoms with Crippen LogP contribution in [0.15, 0.2) is 30.3 Å². The zero-order chi connectivity index (χ0) is 13.0. The van der Waals surface area contributed by atoms with E-state index in [2.05, 4.69) is 61.3 Å². The van der Waals surface area contributed by atoms with Crippen molar-refractivity contribution in [2.75, 3.05) is 13.1 Å². The van der Waals surface area contributed by atoms with Gasteiger partial charge in [0, 0.05) is 31.2 Å². The maximum atomic E-state index is 3.76. The minimum atomic E-state index is 0.321. The van der Waals surface area contributed by atoms with Gasteiger partial charge in [0.2, 0.25) is 0 Å². The van der Waals surface area contributed by atoms with Crippen molar-refractivity contribution in [2.24, 2.45) is 0 Å². The molecule has 1 unspecified atom stereocenters. The standard InChI is InChI=1S/C16H26N2/c1-4-16(5-2)13-18(14(3)11-17-16)12-15-9-7-6-8-10-15/h6-10,14,17H,4-5,11-13H2,1-3H3. The van der Waals surface area contributed by atoms with Crippen molar-refractivity contribution in [3.8, 4) is 0 Å². The lowest BCUT2D eigenvalue weighted by molar-refractivity contribution is 0.0746. The number of piperazine rings is 1. The Kier molecular flexibility index (Phi) is 4.41. The van der Waals surface area contributed by atoms with Crippen molar-refractivity contribution in [1.29, 1.82) is 0 Å². The molecule has 2 rings (SSSR count). The van der Waals surface area contributed by atoms with E-state index in [1.807, 2.05) is 0 Å². The van der Waals surface area contributed by atoms with Crippen molar-refractivity contribution in [2.45, 2.75) is 51.7 Å². The van der Waals surface area contributed by atoms with Gasteiger partial charge in [0.05, 0.1) is 0 Å². The van der Waals surface area contributed by atoms with Crippen molar-refractivity contribution in [1.82, 2.24) is 10.2 Å². The van der Waals surface area contributed by atoms with Gasteiger partial charge in [-0.15, -0.1) is 0 Å². The highest BCUT2D eigenvalue weighted by molar-refractivity contribution is 5.15. The molecule has 1 aliphatic rings. The third kappa shape index (κ3) is 2.93. The summed E-state index contributed by atoms with van der Waals surface area (Å²) in [6.07, 6.45) is 2.42. The van der Waals surface area contributed by atoms with Gasteiger partial charge in [0.15, 0.2) is 0 Å². The Hall–Kier alpha value is -0.860. The molecule has 1 atom stereocenters. The Bertz CT molecular complexity index is 357. The third-order valence-electron chi connectivity index (χ3n) is 4.48. The molecule has 2 heteroatoms. The molecule has 2 nitrogen and oxygen atoms in total. The minimum Gasteiger partial charge on any atom is -0.308 e. The lowest BCUT2D eigenvalue weighted by Crippen LogP contribution is -2.62. The molecule has 0 radical (unpaired) electrons. The van der Waals surface area contributed by atoms with Crippen LogP contribution in [0.4, 0.5) is 0 Å². The van der Waals surface area contributed by atoms with Crippen LogP contribution in [-0.4, -0.2) is 29.6 Å². The first-order chi connectivity index (χ1) is 8.69. The summed E-state index contributed by atoms with van der Waals surface area (Å²) < 4.78 is 0. The van der Waals surface area contributed by atoms with E-state index >= 15 is 0 Å². The molecule has 0 bridgehead atoms. The number of hydrogen-bond donors (Lipinski definition) is 1. The van der Waals surface area contributed by atoms with Crippen LogP contribution in [0.2, 0.25) is 0 Å². The predicted octanol–water partition coefficient (Wildman–Crippen LogP) is 3.04. The van der Waals surface area contributed by atoms with Crippen molar-refractivity contribution in [3.05, 3.63) is 35.9 Å². The average Bonchev–Trinajstić information content (AvgIpc) is 2.43. The summed E-state index contributed by atoms with van der Waals surface area (Å²) in [4.78, 5) is 2.62. The maximum absolute atomic E-state index is 3.76. The second-order valence-electron chi connectivity index (χ2n) is 5.61. The van der Waals surface area contributed by atoms with Gasteiger partial charge < -0.3 is 5.32 Å². The Morgan fingerprint density at radius 2 is 1.89 bits per heavy atom. The highest BCUT2D eigenvalue weighted by Crippen LogP contribution is 2.23. The Morgan fingerprint density at radius 1 is 1.22 bits per heavy atom. The van der Waals surface area contributed by atoms with Gasteiger partial charge in [-0.05, 0) is 25.3 Å². The number of nitrogens with zero attached hydrogens (tertiary/aromatic N) is 1. The second-order valence-corrected chi connectivity index (χ2v) is 5.61. The van der Waals surface area contributed by atoms with Gasteiger partial charge in [0.1, 0.15) is 0 Å². The highest BCUT2D eigenvalue weighted by atomic mass is 15.2. The van der Waals surface area contributed by atoms with E-state index in [1.165, 1.54) is 18.4 Å².